The lowest BCUT2D eigenvalue weighted by molar-refractivity contribution is -0.138. The van der Waals surface area contributed by atoms with E-state index in [1.807, 2.05) is 23.8 Å². The second kappa shape index (κ2) is 9.78. The number of likely N-dealkylation sites (N-methyl/N-ethyl adjacent to an activating group) is 1. The van der Waals surface area contributed by atoms with E-state index in [-0.39, 0.29) is 18.5 Å². The maximum absolute atomic E-state index is 13.0. The maximum Gasteiger partial charge on any atom is 0.317 e. The van der Waals surface area contributed by atoms with Crippen molar-refractivity contribution in [1.29, 1.82) is 0 Å². The summed E-state index contributed by atoms with van der Waals surface area (Å²) in [6.07, 6.45) is 3.33. The number of ether oxygens (including phenoxy) is 1. The molecule has 7 heteroatoms. The molecule has 1 aliphatic heterocycles. The quantitative estimate of drug-likeness (QED) is 0.784. The fourth-order valence-electron chi connectivity index (χ4n) is 3.24. The van der Waals surface area contributed by atoms with Crippen LogP contribution in [-0.4, -0.2) is 66.1 Å². The Kier molecular flexibility index (Phi) is 7.72. The van der Waals surface area contributed by atoms with Crippen molar-refractivity contribution in [2.24, 2.45) is 0 Å². The molecule has 26 heavy (non-hydrogen) atoms. The van der Waals surface area contributed by atoms with Gasteiger partial charge in [0.25, 0.3) is 5.91 Å². The zero-order valence-corrected chi connectivity index (χ0v) is 16.2. The second-order valence-electron chi connectivity index (χ2n) is 6.67. The fourth-order valence-corrected chi connectivity index (χ4v) is 3.41. The van der Waals surface area contributed by atoms with Gasteiger partial charge in [-0.25, -0.2) is 0 Å². The number of likely N-dealkylation sites (tertiary alicyclic amines) is 1. The Bertz CT molecular complexity index is 638. The van der Waals surface area contributed by atoms with E-state index in [2.05, 4.69) is 0 Å². The number of hydrogen-bond donors (Lipinski definition) is 1. The number of aliphatic carboxylic acids is 1. The van der Waals surface area contributed by atoms with E-state index in [1.54, 1.807) is 18.2 Å². The van der Waals surface area contributed by atoms with Gasteiger partial charge >= 0.3 is 5.97 Å². The minimum atomic E-state index is -0.832. The van der Waals surface area contributed by atoms with Crippen molar-refractivity contribution in [3.05, 3.63) is 28.8 Å². The topological polar surface area (TPSA) is 70.1 Å². The van der Waals surface area contributed by atoms with E-state index in [1.165, 1.54) is 0 Å². The highest BCUT2D eigenvalue weighted by atomic mass is 35.5. The van der Waals surface area contributed by atoms with Gasteiger partial charge in [0.1, 0.15) is 5.75 Å². The summed E-state index contributed by atoms with van der Waals surface area (Å²) in [6, 6.07) is 5.29. The molecule has 144 valence electrons. The average molecular weight is 383 g/mol. The van der Waals surface area contributed by atoms with Crippen molar-refractivity contribution in [2.75, 3.05) is 33.3 Å². The number of carbonyl (C=O) groups excluding carboxylic acids is 1. The molecule has 1 fully saturated rings. The van der Waals surface area contributed by atoms with Crippen LogP contribution in [0.25, 0.3) is 0 Å². The molecule has 2 rings (SSSR count). The van der Waals surface area contributed by atoms with E-state index in [9.17, 15) is 9.59 Å². The van der Waals surface area contributed by atoms with Gasteiger partial charge < -0.3 is 14.7 Å². The van der Waals surface area contributed by atoms with Crippen molar-refractivity contribution in [2.45, 2.75) is 38.6 Å². The predicted molar refractivity (Wildman–Crippen MR) is 101 cm³/mol. The summed E-state index contributed by atoms with van der Waals surface area (Å²) in [5.74, 6) is -0.355. The first-order valence-electron chi connectivity index (χ1n) is 9.06. The third kappa shape index (κ3) is 5.61. The summed E-state index contributed by atoms with van der Waals surface area (Å²) in [7, 11) is 1.82. The molecule has 0 saturated carbocycles. The number of halogens is 1. The Labute approximate surface area is 159 Å². The third-order valence-corrected chi connectivity index (χ3v) is 4.86. The molecule has 0 radical (unpaired) electrons. The first-order chi connectivity index (χ1) is 12.4. The minimum absolute atomic E-state index is 0.0158. The minimum Gasteiger partial charge on any atom is -0.493 e. The van der Waals surface area contributed by atoms with Gasteiger partial charge in [-0.2, -0.15) is 0 Å². The zero-order chi connectivity index (χ0) is 19.1. The van der Waals surface area contributed by atoms with E-state index >= 15 is 0 Å². The number of hydrogen-bond acceptors (Lipinski definition) is 4. The summed E-state index contributed by atoms with van der Waals surface area (Å²) in [5, 5.41) is 9.47. The van der Waals surface area contributed by atoms with Crippen LogP contribution in [0.2, 0.25) is 5.02 Å². The molecule has 1 N–H and O–H groups in total. The maximum atomic E-state index is 13.0. The first kappa shape index (κ1) is 20.5. The van der Waals surface area contributed by atoms with Crippen LogP contribution in [0.15, 0.2) is 18.2 Å². The number of amides is 1. The predicted octanol–water partition coefficient (Wildman–Crippen LogP) is 3.14. The van der Waals surface area contributed by atoms with Crippen molar-refractivity contribution in [3.8, 4) is 5.75 Å². The third-order valence-electron chi connectivity index (χ3n) is 4.63. The molecule has 0 spiro atoms. The zero-order valence-electron chi connectivity index (χ0n) is 15.4. The van der Waals surface area contributed by atoms with Crippen LogP contribution in [0.4, 0.5) is 0 Å². The monoisotopic (exact) mass is 382 g/mol. The number of carbonyl (C=O) groups is 2. The van der Waals surface area contributed by atoms with Gasteiger partial charge in [-0.3, -0.25) is 14.5 Å². The Morgan fingerprint density at radius 3 is 2.81 bits per heavy atom. The SMILES string of the molecule is CCCOc1ccc(Cl)cc1C(=O)N1CCCC(N(C)CC(=O)O)CC1. The molecule has 1 aromatic rings. The average Bonchev–Trinajstić information content (AvgIpc) is 2.85. The van der Waals surface area contributed by atoms with Crippen LogP contribution in [0.3, 0.4) is 0 Å². The van der Waals surface area contributed by atoms with E-state index in [0.29, 0.717) is 36.0 Å². The standard InChI is InChI=1S/C19H27ClN2O4/c1-3-11-26-17-7-6-14(20)12-16(17)19(25)22-9-4-5-15(8-10-22)21(2)13-18(23)24/h6-7,12,15H,3-5,8-11,13H2,1-2H3,(H,23,24). The van der Waals surface area contributed by atoms with Gasteiger partial charge in [-0.1, -0.05) is 18.5 Å². The lowest BCUT2D eigenvalue weighted by Crippen LogP contribution is -2.37. The second-order valence-corrected chi connectivity index (χ2v) is 7.11. The molecule has 1 saturated heterocycles. The smallest absolute Gasteiger partial charge is 0.317 e. The van der Waals surface area contributed by atoms with E-state index < -0.39 is 5.97 Å². The highest BCUT2D eigenvalue weighted by Crippen LogP contribution is 2.26. The number of rotatable bonds is 7. The summed E-state index contributed by atoms with van der Waals surface area (Å²) < 4.78 is 5.71. The first-order valence-corrected chi connectivity index (χ1v) is 9.43. The molecule has 0 aromatic heterocycles. The fraction of sp³-hybridized carbons (Fsp3) is 0.579. The molecular weight excluding hydrogens is 356 g/mol. The summed E-state index contributed by atoms with van der Waals surface area (Å²) in [6.45, 7) is 3.81. The number of carboxylic acid groups (broad SMARTS) is 1. The van der Waals surface area contributed by atoms with Crippen LogP contribution < -0.4 is 4.74 Å². The Hall–Kier alpha value is -1.79. The van der Waals surface area contributed by atoms with E-state index in [4.69, 9.17) is 21.4 Å². The normalized spacial score (nSPS) is 17.8. The number of benzene rings is 1. The lowest BCUT2D eigenvalue weighted by atomic mass is 10.1. The molecular formula is C19H27ClN2O4. The van der Waals surface area contributed by atoms with Gasteiger partial charge in [-0.05, 0) is 50.9 Å². The highest BCUT2D eigenvalue weighted by Gasteiger charge is 2.26. The number of nitrogens with zero attached hydrogens (tertiary/aromatic N) is 2. The number of carboxylic acids is 1. The van der Waals surface area contributed by atoms with Crippen LogP contribution in [-0.2, 0) is 4.79 Å². The lowest BCUT2D eigenvalue weighted by Gasteiger charge is -2.26. The van der Waals surface area contributed by atoms with Crippen LogP contribution in [0.5, 0.6) is 5.75 Å². The molecule has 0 aliphatic carbocycles. The van der Waals surface area contributed by atoms with Crippen molar-refractivity contribution in [3.63, 3.8) is 0 Å². The molecule has 0 bridgehead atoms. The molecule has 1 unspecified atom stereocenters. The van der Waals surface area contributed by atoms with E-state index in [0.717, 1.165) is 25.7 Å². The Morgan fingerprint density at radius 2 is 2.12 bits per heavy atom. The molecule has 6 nitrogen and oxygen atoms in total. The summed E-state index contributed by atoms with van der Waals surface area (Å²) in [5.41, 5.74) is 0.489. The Balaban J connectivity index is 2.08. The van der Waals surface area contributed by atoms with Gasteiger partial charge in [0.2, 0.25) is 0 Å². The van der Waals surface area contributed by atoms with Gasteiger partial charge in [0.05, 0.1) is 18.7 Å². The molecule has 1 heterocycles. The largest absolute Gasteiger partial charge is 0.493 e. The Morgan fingerprint density at radius 1 is 1.35 bits per heavy atom. The molecule has 1 aliphatic rings. The van der Waals surface area contributed by atoms with Crippen LogP contribution >= 0.6 is 11.6 Å². The van der Waals surface area contributed by atoms with Gasteiger partial charge in [0, 0.05) is 24.2 Å². The van der Waals surface area contributed by atoms with Gasteiger partial charge in [-0.15, -0.1) is 0 Å². The summed E-state index contributed by atoms with van der Waals surface area (Å²) in [4.78, 5) is 27.6. The molecule has 1 atom stereocenters. The van der Waals surface area contributed by atoms with Crippen LogP contribution in [0, 0.1) is 0 Å². The highest BCUT2D eigenvalue weighted by molar-refractivity contribution is 6.31. The molecule has 1 aromatic carbocycles. The van der Waals surface area contributed by atoms with Gasteiger partial charge in [0.15, 0.2) is 0 Å². The van der Waals surface area contributed by atoms with Crippen molar-refractivity contribution >= 4 is 23.5 Å². The molecule has 1 amide bonds. The van der Waals surface area contributed by atoms with Crippen molar-refractivity contribution < 1.29 is 19.4 Å². The summed E-state index contributed by atoms with van der Waals surface area (Å²) >= 11 is 6.09. The van der Waals surface area contributed by atoms with Crippen LogP contribution in [0.1, 0.15) is 43.0 Å². The van der Waals surface area contributed by atoms with Crippen molar-refractivity contribution in [1.82, 2.24) is 9.80 Å².